The number of pyridine rings is 1. The van der Waals surface area contributed by atoms with E-state index in [0.29, 0.717) is 15.7 Å². The van der Waals surface area contributed by atoms with Crippen molar-refractivity contribution in [3.63, 3.8) is 0 Å². The summed E-state index contributed by atoms with van der Waals surface area (Å²) in [7, 11) is -0.159. The molecule has 3 aromatic heterocycles. The number of ether oxygens (including phenoxy) is 1. The molecule has 0 atom stereocenters. The number of imidazole rings is 1. The highest BCUT2D eigenvalue weighted by Crippen LogP contribution is 2.35. The number of sulfone groups is 1. The van der Waals surface area contributed by atoms with Gasteiger partial charge < -0.3 is 9.30 Å². The molecule has 3 rings (SSSR count). The molecule has 140 valence electrons. The Kier molecular flexibility index (Phi) is 4.19. The zero-order chi connectivity index (χ0) is 19.4. The number of hydrogen-bond donors (Lipinski definition) is 0. The van der Waals surface area contributed by atoms with Crippen LogP contribution >= 0.6 is 11.3 Å². The predicted octanol–water partition coefficient (Wildman–Crippen LogP) is 2.35. The highest BCUT2D eigenvalue weighted by molar-refractivity contribution is 7.92. The molecule has 1 amide bonds. The quantitative estimate of drug-likeness (QED) is 0.653. The average Bonchev–Trinajstić information content (AvgIpc) is 3.07. The Morgan fingerprint density at radius 2 is 1.96 bits per heavy atom. The summed E-state index contributed by atoms with van der Waals surface area (Å²) in [5.74, 6) is 0.257. The molecule has 0 spiro atoms. The van der Waals surface area contributed by atoms with Crippen molar-refractivity contribution >= 4 is 54.5 Å². The van der Waals surface area contributed by atoms with Crippen molar-refractivity contribution in [3.05, 3.63) is 6.33 Å². The van der Waals surface area contributed by atoms with Crippen LogP contribution in [0.2, 0.25) is 0 Å². The third-order valence-electron chi connectivity index (χ3n) is 3.47. The van der Waals surface area contributed by atoms with E-state index in [4.69, 9.17) is 4.74 Å². The number of thiazole rings is 1. The normalized spacial score (nSPS) is 12.7. The Labute approximate surface area is 154 Å². The van der Waals surface area contributed by atoms with E-state index in [-0.39, 0.29) is 15.8 Å². The minimum absolute atomic E-state index is 0.0282. The maximum Gasteiger partial charge on any atom is 0.415 e. The maximum atomic E-state index is 12.4. The number of carbonyl (C=O) groups excluding carboxylic acids is 1. The van der Waals surface area contributed by atoms with Gasteiger partial charge in [0, 0.05) is 20.4 Å². The van der Waals surface area contributed by atoms with Gasteiger partial charge in [0.1, 0.15) is 15.8 Å². The fourth-order valence-electron chi connectivity index (χ4n) is 2.35. The Bertz CT molecular complexity index is 1120. The molecule has 0 fully saturated rings. The second-order valence-corrected chi connectivity index (χ2v) is 10.1. The van der Waals surface area contributed by atoms with Gasteiger partial charge in [-0.1, -0.05) is 11.3 Å². The second-order valence-electron chi connectivity index (χ2n) is 6.93. The summed E-state index contributed by atoms with van der Waals surface area (Å²) in [6, 6.07) is 0. The topological polar surface area (TPSA) is 107 Å². The lowest BCUT2D eigenvalue weighted by Gasteiger charge is -2.24. The van der Waals surface area contributed by atoms with Gasteiger partial charge in [-0.15, -0.1) is 0 Å². The summed E-state index contributed by atoms with van der Waals surface area (Å²) in [5, 5.41) is 0. The monoisotopic (exact) mass is 397 g/mol. The zero-order valence-corrected chi connectivity index (χ0v) is 16.9. The summed E-state index contributed by atoms with van der Waals surface area (Å²) in [5.41, 5.74) is 0.713. The Hall–Kier alpha value is -2.27. The van der Waals surface area contributed by atoms with Gasteiger partial charge in [0.05, 0.1) is 11.8 Å². The highest BCUT2D eigenvalue weighted by Gasteiger charge is 2.26. The van der Waals surface area contributed by atoms with E-state index in [2.05, 4.69) is 15.0 Å². The summed E-state index contributed by atoms with van der Waals surface area (Å²) >= 11 is 1.03. The molecule has 0 aromatic carbocycles. The molecule has 0 saturated carbocycles. The zero-order valence-electron chi connectivity index (χ0n) is 15.3. The summed E-state index contributed by atoms with van der Waals surface area (Å²) in [6.07, 6.45) is 2.09. The molecule has 0 aliphatic rings. The summed E-state index contributed by atoms with van der Waals surface area (Å²) in [6.45, 7) is 5.31. The molecular formula is C15H19N5O4S2. The van der Waals surface area contributed by atoms with Crippen molar-refractivity contribution in [1.82, 2.24) is 19.5 Å². The van der Waals surface area contributed by atoms with Crippen LogP contribution in [0.5, 0.6) is 0 Å². The van der Waals surface area contributed by atoms with E-state index in [9.17, 15) is 13.2 Å². The minimum Gasteiger partial charge on any atom is -0.443 e. The van der Waals surface area contributed by atoms with Crippen LogP contribution in [0.4, 0.5) is 10.6 Å². The fourth-order valence-corrected chi connectivity index (χ4v) is 4.28. The molecular weight excluding hydrogens is 378 g/mol. The molecule has 0 N–H and O–H groups in total. The number of fused-ring (bicyclic) bond motifs is 3. The first kappa shape index (κ1) is 18.5. The minimum atomic E-state index is -3.47. The fraction of sp³-hybridized carbons (Fsp3) is 0.467. The van der Waals surface area contributed by atoms with E-state index < -0.39 is 21.5 Å². The third-order valence-corrected chi connectivity index (χ3v) is 6.20. The maximum absolute atomic E-state index is 12.4. The van der Waals surface area contributed by atoms with E-state index >= 15 is 0 Å². The molecule has 0 aliphatic carbocycles. The number of aromatic nitrogens is 4. The number of amides is 1. The van der Waals surface area contributed by atoms with Gasteiger partial charge >= 0.3 is 6.09 Å². The van der Waals surface area contributed by atoms with E-state index in [0.717, 1.165) is 17.6 Å². The number of aryl methyl sites for hydroxylation is 1. The van der Waals surface area contributed by atoms with Crippen molar-refractivity contribution in [2.75, 3.05) is 18.2 Å². The van der Waals surface area contributed by atoms with Crippen LogP contribution in [0, 0.1) is 0 Å². The second kappa shape index (κ2) is 5.88. The molecule has 0 saturated heterocycles. The number of rotatable bonds is 2. The molecule has 9 nitrogen and oxygen atoms in total. The molecule has 3 heterocycles. The number of carbonyl (C=O) groups is 1. The molecule has 11 heteroatoms. The van der Waals surface area contributed by atoms with Gasteiger partial charge in [-0.2, -0.15) is 0 Å². The van der Waals surface area contributed by atoms with E-state index in [1.807, 2.05) is 0 Å². The van der Waals surface area contributed by atoms with Crippen molar-refractivity contribution in [2.45, 2.75) is 30.7 Å². The van der Waals surface area contributed by atoms with Crippen LogP contribution in [0.3, 0.4) is 0 Å². The summed E-state index contributed by atoms with van der Waals surface area (Å²) in [4.78, 5) is 26.5. The largest absolute Gasteiger partial charge is 0.443 e. The number of anilines is 1. The first-order valence-corrected chi connectivity index (χ1v) is 10.4. The molecule has 3 aromatic rings. The standard InChI is InChI=1S/C15H19N5O4S2/c1-15(2,3)24-14(21)20(5)12-8-9(19(4)7-16-8)10-11(17-12)18-13(25-10)26(6,22)23/h7H,1-6H3. The average molecular weight is 397 g/mol. The van der Waals surface area contributed by atoms with Crippen molar-refractivity contribution in [3.8, 4) is 0 Å². The lowest BCUT2D eigenvalue weighted by molar-refractivity contribution is 0.0588. The van der Waals surface area contributed by atoms with Gasteiger partial charge in [0.2, 0.25) is 14.2 Å². The molecule has 26 heavy (non-hydrogen) atoms. The molecule has 0 radical (unpaired) electrons. The molecule has 0 bridgehead atoms. The van der Waals surface area contributed by atoms with Crippen LogP contribution in [-0.2, 0) is 21.6 Å². The number of hydrogen-bond acceptors (Lipinski definition) is 8. The summed E-state index contributed by atoms with van der Waals surface area (Å²) < 4.78 is 31.4. The van der Waals surface area contributed by atoms with E-state index in [1.54, 1.807) is 38.7 Å². The lowest BCUT2D eigenvalue weighted by Crippen LogP contribution is -2.34. The van der Waals surface area contributed by atoms with Gasteiger partial charge in [-0.3, -0.25) is 4.90 Å². The van der Waals surface area contributed by atoms with Crippen molar-refractivity contribution in [1.29, 1.82) is 0 Å². The van der Waals surface area contributed by atoms with Gasteiger partial charge in [0.15, 0.2) is 11.5 Å². The predicted molar refractivity (Wildman–Crippen MR) is 99.4 cm³/mol. The van der Waals surface area contributed by atoms with Gasteiger partial charge in [0.25, 0.3) is 0 Å². The Morgan fingerprint density at radius 3 is 2.54 bits per heavy atom. The van der Waals surface area contributed by atoms with Crippen LogP contribution in [-0.4, -0.2) is 52.9 Å². The first-order chi connectivity index (χ1) is 11.9. The number of nitrogens with zero attached hydrogens (tertiary/aromatic N) is 5. The SMILES string of the molecule is CN(C(=O)OC(C)(C)C)c1nc2nc(S(C)(=O)=O)sc2c2c1ncn2C. The Morgan fingerprint density at radius 1 is 1.31 bits per heavy atom. The highest BCUT2D eigenvalue weighted by atomic mass is 32.2. The van der Waals surface area contributed by atoms with Crippen LogP contribution in [0.25, 0.3) is 21.4 Å². The molecule has 0 aliphatic heterocycles. The van der Waals surface area contributed by atoms with Crippen molar-refractivity contribution < 1.29 is 17.9 Å². The van der Waals surface area contributed by atoms with Gasteiger partial charge in [-0.05, 0) is 20.8 Å². The van der Waals surface area contributed by atoms with Crippen LogP contribution in [0.1, 0.15) is 20.8 Å². The lowest BCUT2D eigenvalue weighted by atomic mass is 10.2. The first-order valence-electron chi connectivity index (χ1n) is 7.67. The smallest absolute Gasteiger partial charge is 0.415 e. The van der Waals surface area contributed by atoms with Crippen LogP contribution in [0.15, 0.2) is 10.7 Å². The molecule has 0 unspecified atom stereocenters. The van der Waals surface area contributed by atoms with Gasteiger partial charge in [-0.25, -0.2) is 28.2 Å². The third kappa shape index (κ3) is 3.23. The van der Waals surface area contributed by atoms with E-state index in [1.165, 1.54) is 11.9 Å². The van der Waals surface area contributed by atoms with Crippen LogP contribution < -0.4 is 4.90 Å². The Balaban J connectivity index is 2.24. The van der Waals surface area contributed by atoms with Crippen molar-refractivity contribution in [2.24, 2.45) is 7.05 Å².